The van der Waals surface area contributed by atoms with E-state index in [-0.39, 0.29) is 36.7 Å². The summed E-state index contributed by atoms with van der Waals surface area (Å²) >= 11 is 6.07. The molecule has 0 saturated heterocycles. The maximum atomic E-state index is 12.7. The molecule has 1 heterocycles. The third-order valence-electron chi connectivity index (χ3n) is 4.82. The lowest BCUT2D eigenvalue weighted by Crippen LogP contribution is -2.42. The third kappa shape index (κ3) is 5.04. The Labute approximate surface area is 170 Å². The number of fused-ring (bicyclic) bond motifs is 1. The van der Waals surface area contributed by atoms with Crippen molar-refractivity contribution in [3.05, 3.63) is 59.1 Å². The van der Waals surface area contributed by atoms with Gasteiger partial charge >= 0.3 is 0 Å². The summed E-state index contributed by atoms with van der Waals surface area (Å²) in [6, 6.07) is 15.3. The molecule has 6 heteroatoms. The molecule has 0 spiro atoms. The lowest BCUT2D eigenvalue weighted by Gasteiger charge is -2.33. The second kappa shape index (κ2) is 9.11. The van der Waals surface area contributed by atoms with Gasteiger partial charge in [-0.05, 0) is 36.6 Å². The number of nitrogens with zero attached hydrogens (tertiary/aromatic N) is 1. The molecule has 0 aliphatic carbocycles. The first-order chi connectivity index (χ1) is 13.4. The number of carbonyl (C=O) groups excluding carboxylic acids is 2. The van der Waals surface area contributed by atoms with E-state index in [1.807, 2.05) is 37.3 Å². The number of hydrogen-bond acceptors (Lipinski definition) is 3. The Hall–Kier alpha value is -2.53. The summed E-state index contributed by atoms with van der Waals surface area (Å²) in [6.07, 6.45) is 0.185. The van der Waals surface area contributed by atoms with Crippen molar-refractivity contribution in [3.63, 3.8) is 0 Å². The molecule has 2 aromatic rings. The average Bonchev–Trinajstić information content (AvgIpc) is 2.70. The second-order valence-corrected chi connectivity index (χ2v) is 7.60. The first-order valence-electron chi connectivity index (χ1n) is 9.52. The molecule has 1 aliphatic heterocycles. The molecule has 0 unspecified atom stereocenters. The first-order valence-corrected chi connectivity index (χ1v) is 9.90. The van der Waals surface area contributed by atoms with Gasteiger partial charge in [-0.15, -0.1) is 0 Å². The second-order valence-electron chi connectivity index (χ2n) is 7.16. The van der Waals surface area contributed by atoms with Crippen LogP contribution in [0.1, 0.15) is 38.2 Å². The fourth-order valence-corrected chi connectivity index (χ4v) is 3.42. The zero-order valence-electron chi connectivity index (χ0n) is 16.2. The number of anilines is 1. The van der Waals surface area contributed by atoms with Crippen LogP contribution < -0.4 is 15.0 Å². The van der Waals surface area contributed by atoms with Crippen molar-refractivity contribution in [1.29, 1.82) is 0 Å². The molecule has 2 aromatic carbocycles. The SMILES string of the molecule is C[C@H]1CN(C(=O)CCC(=O)NC[C@H](C)c2ccccc2)c2cc(Cl)ccc2O1. The molecule has 1 aliphatic rings. The number of benzene rings is 2. The van der Waals surface area contributed by atoms with Gasteiger partial charge in [-0.2, -0.15) is 0 Å². The number of carbonyl (C=O) groups is 2. The Morgan fingerprint density at radius 2 is 1.96 bits per heavy atom. The van der Waals surface area contributed by atoms with Crippen LogP contribution >= 0.6 is 11.6 Å². The predicted octanol–water partition coefficient (Wildman–Crippen LogP) is 4.15. The highest BCUT2D eigenvalue weighted by molar-refractivity contribution is 6.31. The molecule has 0 bridgehead atoms. The van der Waals surface area contributed by atoms with Crippen molar-refractivity contribution < 1.29 is 14.3 Å². The molecule has 1 N–H and O–H groups in total. The first kappa shape index (κ1) is 20.2. The summed E-state index contributed by atoms with van der Waals surface area (Å²) in [6.45, 7) is 4.97. The molecule has 0 radical (unpaired) electrons. The third-order valence-corrected chi connectivity index (χ3v) is 5.06. The molecule has 0 fully saturated rings. The van der Waals surface area contributed by atoms with Crippen molar-refractivity contribution >= 4 is 29.1 Å². The van der Waals surface area contributed by atoms with E-state index in [0.717, 1.165) is 0 Å². The van der Waals surface area contributed by atoms with Crippen LogP contribution in [0.15, 0.2) is 48.5 Å². The molecule has 28 heavy (non-hydrogen) atoms. The quantitative estimate of drug-likeness (QED) is 0.792. The highest BCUT2D eigenvalue weighted by Crippen LogP contribution is 2.36. The summed E-state index contributed by atoms with van der Waals surface area (Å²) in [7, 11) is 0. The van der Waals surface area contributed by atoms with Crippen LogP contribution in [0.2, 0.25) is 5.02 Å². The minimum absolute atomic E-state index is 0.107. The molecule has 148 valence electrons. The van der Waals surface area contributed by atoms with Crippen molar-refractivity contribution in [1.82, 2.24) is 5.32 Å². The van der Waals surface area contributed by atoms with Crippen molar-refractivity contribution in [2.24, 2.45) is 0 Å². The van der Waals surface area contributed by atoms with Crippen molar-refractivity contribution in [2.75, 3.05) is 18.0 Å². The lowest BCUT2D eigenvalue weighted by molar-refractivity contribution is -0.125. The van der Waals surface area contributed by atoms with Gasteiger partial charge in [0.25, 0.3) is 0 Å². The summed E-state index contributed by atoms with van der Waals surface area (Å²) in [5, 5.41) is 3.46. The molecule has 0 aromatic heterocycles. The normalized spacial score (nSPS) is 16.7. The van der Waals surface area contributed by atoms with Crippen LogP contribution in [0.4, 0.5) is 5.69 Å². The van der Waals surface area contributed by atoms with E-state index < -0.39 is 0 Å². The van der Waals surface area contributed by atoms with E-state index >= 15 is 0 Å². The lowest BCUT2D eigenvalue weighted by atomic mass is 10.0. The average molecular weight is 401 g/mol. The Morgan fingerprint density at radius 1 is 1.21 bits per heavy atom. The summed E-state index contributed by atoms with van der Waals surface area (Å²) in [5.74, 6) is 0.626. The van der Waals surface area contributed by atoms with Crippen LogP contribution in [-0.2, 0) is 9.59 Å². The van der Waals surface area contributed by atoms with Crippen LogP contribution in [-0.4, -0.2) is 31.0 Å². The smallest absolute Gasteiger partial charge is 0.227 e. The molecular weight excluding hydrogens is 376 g/mol. The van der Waals surface area contributed by atoms with Gasteiger partial charge in [0.2, 0.25) is 11.8 Å². The predicted molar refractivity (Wildman–Crippen MR) is 111 cm³/mol. The molecular formula is C22H25ClN2O3. The van der Waals surface area contributed by atoms with Crippen LogP contribution in [0.3, 0.4) is 0 Å². The van der Waals surface area contributed by atoms with Crippen LogP contribution in [0.5, 0.6) is 5.75 Å². The largest absolute Gasteiger partial charge is 0.487 e. The van der Waals surface area contributed by atoms with Gasteiger partial charge in [0, 0.05) is 24.4 Å². The summed E-state index contributed by atoms with van der Waals surface area (Å²) in [5.41, 5.74) is 1.84. The Bertz CT molecular complexity index is 841. The number of rotatable bonds is 6. The molecule has 0 saturated carbocycles. The van der Waals surface area contributed by atoms with E-state index in [2.05, 4.69) is 12.2 Å². The fraction of sp³-hybridized carbons (Fsp3) is 0.364. The Balaban J connectivity index is 1.53. The van der Waals surface area contributed by atoms with Crippen molar-refractivity contribution in [2.45, 2.75) is 38.7 Å². The highest BCUT2D eigenvalue weighted by atomic mass is 35.5. The van der Waals surface area contributed by atoms with Gasteiger partial charge in [0.1, 0.15) is 11.9 Å². The summed E-state index contributed by atoms with van der Waals surface area (Å²) in [4.78, 5) is 26.6. The number of halogens is 1. The standard InChI is InChI=1S/C22H25ClN2O3/c1-15(17-6-4-3-5-7-17)13-24-21(26)10-11-22(27)25-14-16(2)28-20-9-8-18(23)12-19(20)25/h3-9,12,15-16H,10-11,13-14H2,1-2H3,(H,24,26)/t15-,16-/m0/s1. The molecule has 2 atom stereocenters. The topological polar surface area (TPSA) is 58.6 Å². The maximum Gasteiger partial charge on any atom is 0.227 e. The number of ether oxygens (including phenoxy) is 1. The molecule has 3 rings (SSSR count). The van der Waals surface area contributed by atoms with Crippen LogP contribution in [0, 0.1) is 0 Å². The van der Waals surface area contributed by atoms with Gasteiger partial charge in [-0.3, -0.25) is 9.59 Å². The van der Waals surface area contributed by atoms with Gasteiger partial charge in [0.15, 0.2) is 0 Å². The van der Waals surface area contributed by atoms with Crippen molar-refractivity contribution in [3.8, 4) is 5.75 Å². The Kier molecular flexibility index (Phi) is 6.57. The fourth-order valence-electron chi connectivity index (χ4n) is 3.26. The highest BCUT2D eigenvalue weighted by Gasteiger charge is 2.28. The van der Waals surface area contributed by atoms with E-state index in [0.29, 0.717) is 29.5 Å². The van der Waals surface area contributed by atoms with E-state index in [1.165, 1.54) is 5.56 Å². The number of nitrogens with one attached hydrogen (secondary N) is 1. The van der Waals surface area contributed by atoms with Gasteiger partial charge in [-0.25, -0.2) is 0 Å². The number of hydrogen-bond donors (Lipinski definition) is 1. The Morgan fingerprint density at radius 3 is 2.71 bits per heavy atom. The molecule has 2 amide bonds. The zero-order chi connectivity index (χ0) is 20.1. The minimum Gasteiger partial charge on any atom is -0.487 e. The minimum atomic E-state index is -0.122. The van der Waals surface area contributed by atoms with Gasteiger partial charge in [0.05, 0.1) is 12.2 Å². The monoisotopic (exact) mass is 400 g/mol. The molecule has 5 nitrogen and oxygen atoms in total. The summed E-state index contributed by atoms with van der Waals surface area (Å²) < 4.78 is 5.77. The number of amides is 2. The van der Waals surface area contributed by atoms with Gasteiger partial charge < -0.3 is 15.0 Å². The zero-order valence-corrected chi connectivity index (χ0v) is 16.9. The maximum absolute atomic E-state index is 12.7. The van der Waals surface area contributed by atoms with E-state index in [1.54, 1.807) is 23.1 Å². The van der Waals surface area contributed by atoms with E-state index in [9.17, 15) is 9.59 Å². The van der Waals surface area contributed by atoms with Crippen LogP contribution in [0.25, 0.3) is 0 Å². The van der Waals surface area contributed by atoms with E-state index in [4.69, 9.17) is 16.3 Å². The van der Waals surface area contributed by atoms with Gasteiger partial charge in [-0.1, -0.05) is 48.9 Å².